The first kappa shape index (κ1) is 6.61. The summed E-state index contributed by atoms with van der Waals surface area (Å²) in [6.45, 7) is 0. The van der Waals surface area contributed by atoms with Crippen molar-refractivity contribution in [1.29, 1.82) is 0 Å². The topological polar surface area (TPSA) is 26.0 Å². The average molecular weight is 172 g/mol. The van der Waals surface area contributed by atoms with Crippen LogP contribution in [-0.4, -0.2) is 4.98 Å². The molecule has 11 heavy (non-hydrogen) atoms. The molecule has 0 aliphatic carbocycles. The van der Waals surface area contributed by atoms with Crippen molar-refractivity contribution in [2.75, 3.05) is 0 Å². The smallest absolute Gasteiger partial charge is 0.184 e. The van der Waals surface area contributed by atoms with Crippen LogP contribution in [0.25, 0.3) is 11.0 Å². The van der Waals surface area contributed by atoms with Crippen LogP contribution in [0.3, 0.4) is 0 Å². The lowest BCUT2D eigenvalue weighted by Crippen LogP contribution is -1.79. The number of fused-ring (bicyclic) bond motifs is 1. The Bertz CT molecular complexity index is 362. The molecule has 2 rings (SSSR count). The highest BCUT2D eigenvalue weighted by Gasteiger charge is 2.07. The Morgan fingerprint density at radius 3 is 3.09 bits per heavy atom. The van der Waals surface area contributed by atoms with Gasteiger partial charge >= 0.3 is 0 Å². The van der Waals surface area contributed by atoms with E-state index in [1.807, 2.05) is 0 Å². The van der Waals surface area contributed by atoms with Gasteiger partial charge in [-0.15, -0.1) is 0 Å². The van der Waals surface area contributed by atoms with Crippen LogP contribution in [0.4, 0.5) is 4.39 Å². The molecule has 2 aromatic rings. The number of furan rings is 1. The first-order chi connectivity index (χ1) is 5.29. The number of halogens is 2. The summed E-state index contributed by atoms with van der Waals surface area (Å²) in [6.07, 6.45) is 2.41. The van der Waals surface area contributed by atoms with Gasteiger partial charge < -0.3 is 4.42 Å². The molecule has 0 atom stereocenters. The van der Waals surface area contributed by atoms with Gasteiger partial charge in [-0.25, -0.2) is 9.37 Å². The lowest BCUT2D eigenvalue weighted by Gasteiger charge is -1.91. The van der Waals surface area contributed by atoms with Crippen molar-refractivity contribution in [3.8, 4) is 0 Å². The summed E-state index contributed by atoms with van der Waals surface area (Å²) in [5.74, 6) is -0.491. The fourth-order valence-electron chi connectivity index (χ4n) is 0.898. The van der Waals surface area contributed by atoms with Gasteiger partial charge in [0.2, 0.25) is 0 Å². The molecule has 0 fully saturated rings. The first-order valence-corrected chi connectivity index (χ1v) is 3.34. The van der Waals surface area contributed by atoms with Crippen molar-refractivity contribution in [3.05, 3.63) is 29.5 Å². The van der Waals surface area contributed by atoms with E-state index in [0.29, 0.717) is 5.39 Å². The molecule has 4 heteroatoms. The summed E-state index contributed by atoms with van der Waals surface area (Å²) >= 11 is 5.63. The van der Waals surface area contributed by atoms with E-state index in [-0.39, 0.29) is 10.7 Å². The normalized spacial score (nSPS) is 10.7. The molecule has 2 aromatic heterocycles. The monoisotopic (exact) mass is 171 g/mol. The minimum Gasteiger partial charge on any atom is -0.461 e. The van der Waals surface area contributed by atoms with Crippen molar-refractivity contribution in [3.63, 3.8) is 0 Å². The van der Waals surface area contributed by atoms with Gasteiger partial charge in [0, 0.05) is 0 Å². The van der Waals surface area contributed by atoms with E-state index in [4.69, 9.17) is 16.0 Å². The van der Waals surface area contributed by atoms with Crippen LogP contribution >= 0.6 is 11.6 Å². The standard InChI is InChI=1S/C7H3ClFNO/c8-7-4-1-2-11-6(4)5(9)3-10-7/h1-3H. The summed E-state index contributed by atoms with van der Waals surface area (Å²) < 4.78 is 17.6. The molecular formula is C7H3ClFNO. The Labute approximate surface area is 66.6 Å². The molecule has 2 heterocycles. The fourth-order valence-corrected chi connectivity index (χ4v) is 1.10. The zero-order chi connectivity index (χ0) is 7.84. The zero-order valence-corrected chi connectivity index (χ0v) is 6.10. The molecule has 0 bridgehead atoms. The number of pyridine rings is 1. The van der Waals surface area contributed by atoms with Crippen LogP contribution in [0.5, 0.6) is 0 Å². The SMILES string of the molecule is Fc1cnc(Cl)c2ccoc12. The molecule has 56 valence electrons. The Kier molecular flexibility index (Phi) is 1.32. The van der Waals surface area contributed by atoms with Gasteiger partial charge in [-0.2, -0.15) is 0 Å². The summed E-state index contributed by atoms with van der Waals surface area (Å²) in [5, 5.41) is 0.766. The Morgan fingerprint density at radius 1 is 1.55 bits per heavy atom. The fraction of sp³-hybridized carbons (Fsp3) is 0. The van der Waals surface area contributed by atoms with Crippen molar-refractivity contribution in [2.24, 2.45) is 0 Å². The second-order valence-electron chi connectivity index (χ2n) is 2.06. The summed E-state index contributed by atoms with van der Waals surface area (Å²) in [5.41, 5.74) is 0.157. The Balaban J connectivity index is 2.96. The minimum atomic E-state index is -0.491. The molecule has 0 aliphatic rings. The van der Waals surface area contributed by atoms with Crippen molar-refractivity contribution in [1.82, 2.24) is 4.98 Å². The van der Waals surface area contributed by atoms with E-state index in [1.54, 1.807) is 6.07 Å². The van der Waals surface area contributed by atoms with E-state index in [0.717, 1.165) is 6.20 Å². The van der Waals surface area contributed by atoms with Crippen LogP contribution in [0.15, 0.2) is 22.9 Å². The van der Waals surface area contributed by atoms with Gasteiger partial charge in [0.1, 0.15) is 5.15 Å². The molecule has 0 saturated carbocycles. The van der Waals surface area contributed by atoms with Crippen LogP contribution < -0.4 is 0 Å². The van der Waals surface area contributed by atoms with Gasteiger partial charge in [-0.1, -0.05) is 11.6 Å². The number of hydrogen-bond donors (Lipinski definition) is 0. The number of aromatic nitrogens is 1. The van der Waals surface area contributed by atoms with Crippen molar-refractivity contribution in [2.45, 2.75) is 0 Å². The van der Waals surface area contributed by atoms with Crippen molar-refractivity contribution < 1.29 is 8.81 Å². The third kappa shape index (κ3) is 0.886. The van der Waals surface area contributed by atoms with Gasteiger partial charge in [-0.3, -0.25) is 0 Å². The molecular weight excluding hydrogens is 169 g/mol. The van der Waals surface area contributed by atoms with Gasteiger partial charge in [-0.05, 0) is 6.07 Å². The molecule has 0 aromatic carbocycles. The summed E-state index contributed by atoms with van der Waals surface area (Å²) in [4.78, 5) is 3.61. The van der Waals surface area contributed by atoms with E-state index in [2.05, 4.69) is 4.98 Å². The third-order valence-corrected chi connectivity index (χ3v) is 1.70. The molecule has 2 nitrogen and oxygen atoms in total. The highest BCUT2D eigenvalue weighted by molar-refractivity contribution is 6.33. The average Bonchev–Trinajstić information content (AvgIpc) is 2.45. The lowest BCUT2D eigenvalue weighted by atomic mass is 10.3. The number of rotatable bonds is 0. The largest absolute Gasteiger partial charge is 0.461 e. The van der Waals surface area contributed by atoms with E-state index in [9.17, 15) is 4.39 Å². The van der Waals surface area contributed by atoms with Crippen LogP contribution in [-0.2, 0) is 0 Å². The maximum Gasteiger partial charge on any atom is 0.184 e. The van der Waals surface area contributed by atoms with Crippen LogP contribution in [0.2, 0.25) is 5.15 Å². The number of nitrogens with zero attached hydrogens (tertiary/aromatic N) is 1. The number of hydrogen-bond acceptors (Lipinski definition) is 2. The van der Waals surface area contributed by atoms with Crippen LogP contribution in [0, 0.1) is 5.82 Å². The van der Waals surface area contributed by atoms with E-state index in [1.165, 1.54) is 6.26 Å². The van der Waals surface area contributed by atoms with E-state index < -0.39 is 5.82 Å². The predicted octanol–water partition coefficient (Wildman–Crippen LogP) is 2.62. The molecule has 0 spiro atoms. The van der Waals surface area contributed by atoms with Gasteiger partial charge in [0.05, 0.1) is 17.8 Å². The summed E-state index contributed by atoms with van der Waals surface area (Å²) in [7, 11) is 0. The molecule has 0 aliphatic heterocycles. The molecule has 0 radical (unpaired) electrons. The maximum atomic E-state index is 12.8. The third-order valence-electron chi connectivity index (χ3n) is 1.40. The van der Waals surface area contributed by atoms with E-state index >= 15 is 0 Å². The quantitative estimate of drug-likeness (QED) is 0.570. The molecule has 0 unspecified atom stereocenters. The lowest BCUT2D eigenvalue weighted by molar-refractivity contribution is 0.557. The second kappa shape index (κ2) is 2.20. The zero-order valence-electron chi connectivity index (χ0n) is 5.34. The highest BCUT2D eigenvalue weighted by atomic mass is 35.5. The van der Waals surface area contributed by atoms with Crippen LogP contribution in [0.1, 0.15) is 0 Å². The highest BCUT2D eigenvalue weighted by Crippen LogP contribution is 2.23. The molecule has 0 N–H and O–H groups in total. The van der Waals surface area contributed by atoms with Gasteiger partial charge in [0.25, 0.3) is 0 Å². The second-order valence-corrected chi connectivity index (χ2v) is 2.42. The minimum absolute atomic E-state index is 0.157. The maximum absolute atomic E-state index is 12.8. The summed E-state index contributed by atoms with van der Waals surface area (Å²) in [6, 6.07) is 1.58. The van der Waals surface area contributed by atoms with Crippen molar-refractivity contribution >= 4 is 22.6 Å². The Morgan fingerprint density at radius 2 is 2.36 bits per heavy atom. The van der Waals surface area contributed by atoms with Gasteiger partial charge in [0.15, 0.2) is 11.4 Å². The molecule has 0 amide bonds. The first-order valence-electron chi connectivity index (χ1n) is 2.96. The predicted molar refractivity (Wildman–Crippen MR) is 39.0 cm³/mol. The molecule has 0 saturated heterocycles. The Hall–Kier alpha value is -1.09.